The Morgan fingerprint density at radius 2 is 2.00 bits per heavy atom. The van der Waals surface area contributed by atoms with Gasteiger partial charge in [-0.05, 0) is 30.3 Å². The van der Waals surface area contributed by atoms with E-state index in [4.69, 9.17) is 22.4 Å². The molecule has 13 heteroatoms. The molecular weight excluding hydrogens is 458 g/mol. The second-order valence-corrected chi connectivity index (χ2v) is 7.57. The van der Waals surface area contributed by atoms with Crippen molar-refractivity contribution in [2.24, 2.45) is 16.8 Å². The summed E-state index contributed by atoms with van der Waals surface area (Å²) in [4.78, 5) is 21.8. The number of amidine groups is 1. The van der Waals surface area contributed by atoms with Gasteiger partial charge in [0.25, 0.3) is 0 Å². The second-order valence-electron chi connectivity index (χ2n) is 7.57. The van der Waals surface area contributed by atoms with Gasteiger partial charge in [-0.15, -0.1) is 5.10 Å². The van der Waals surface area contributed by atoms with Gasteiger partial charge in [0.05, 0.1) is 35.1 Å². The molecule has 176 valence electrons. The highest BCUT2D eigenvalue weighted by molar-refractivity contribution is 5.97. The fourth-order valence-electron chi connectivity index (χ4n) is 3.72. The first-order valence-electron chi connectivity index (χ1n) is 10.6. The Balaban J connectivity index is 1.64. The third-order valence-corrected chi connectivity index (χ3v) is 5.28. The number of fused-ring (bicyclic) bond motifs is 1. The first kappa shape index (κ1) is 22.3. The fourth-order valence-corrected chi connectivity index (χ4v) is 3.72. The summed E-state index contributed by atoms with van der Waals surface area (Å²) in [7, 11) is 0. The van der Waals surface area contributed by atoms with Crippen molar-refractivity contribution in [2.75, 3.05) is 5.73 Å². The number of benzene rings is 1. The summed E-state index contributed by atoms with van der Waals surface area (Å²) in [5, 5.41) is 19.0. The molecule has 0 aliphatic heterocycles. The fraction of sp³-hybridized carbons (Fsp3) is 0.0435. The van der Waals surface area contributed by atoms with Crippen LogP contribution in [0.2, 0.25) is 0 Å². The van der Waals surface area contributed by atoms with Crippen molar-refractivity contribution in [3.8, 4) is 28.6 Å². The zero-order valence-corrected chi connectivity index (χ0v) is 18.8. The SMILES string of the molecule is N#Cc1cccc(-c2nc(N)n3nc(CN(N)/C(=N\N)c4cccnc4)nc3c2-c2ccncn2)c1. The van der Waals surface area contributed by atoms with Crippen molar-refractivity contribution >= 4 is 17.4 Å². The van der Waals surface area contributed by atoms with E-state index in [2.05, 4.69) is 36.2 Å². The van der Waals surface area contributed by atoms with Gasteiger partial charge in [0.1, 0.15) is 6.33 Å². The maximum Gasteiger partial charge on any atom is 0.223 e. The number of nitriles is 1. The topological polar surface area (TPSA) is 199 Å². The van der Waals surface area contributed by atoms with Crippen LogP contribution in [0.1, 0.15) is 17.0 Å². The molecule has 0 radical (unpaired) electrons. The molecule has 36 heavy (non-hydrogen) atoms. The van der Waals surface area contributed by atoms with Crippen LogP contribution in [0.4, 0.5) is 5.95 Å². The van der Waals surface area contributed by atoms with E-state index in [-0.39, 0.29) is 12.5 Å². The zero-order valence-electron chi connectivity index (χ0n) is 18.8. The number of nitrogen functional groups attached to an aromatic ring is 1. The summed E-state index contributed by atoms with van der Waals surface area (Å²) in [6, 6.07) is 14.4. The van der Waals surface area contributed by atoms with Crippen molar-refractivity contribution in [2.45, 2.75) is 6.54 Å². The normalized spacial score (nSPS) is 11.4. The van der Waals surface area contributed by atoms with Gasteiger partial charge in [0.2, 0.25) is 5.95 Å². The molecule has 6 N–H and O–H groups in total. The van der Waals surface area contributed by atoms with Crippen molar-refractivity contribution in [1.82, 2.24) is 39.5 Å². The Morgan fingerprint density at radius 3 is 2.72 bits per heavy atom. The van der Waals surface area contributed by atoms with E-state index in [1.807, 2.05) is 6.07 Å². The van der Waals surface area contributed by atoms with Crippen LogP contribution >= 0.6 is 0 Å². The number of nitrogens with zero attached hydrogens (tertiary/aromatic N) is 10. The summed E-state index contributed by atoms with van der Waals surface area (Å²) < 4.78 is 1.42. The van der Waals surface area contributed by atoms with Gasteiger partial charge in [-0.2, -0.15) is 14.9 Å². The Labute approximate surface area is 204 Å². The predicted molar refractivity (Wildman–Crippen MR) is 131 cm³/mol. The third kappa shape index (κ3) is 4.11. The Hall–Kier alpha value is -5.48. The molecule has 1 aromatic carbocycles. The lowest BCUT2D eigenvalue weighted by Crippen LogP contribution is -2.38. The van der Waals surface area contributed by atoms with Crippen molar-refractivity contribution < 1.29 is 0 Å². The Kier molecular flexibility index (Phi) is 5.83. The second kappa shape index (κ2) is 9.41. The summed E-state index contributed by atoms with van der Waals surface area (Å²) in [6.07, 6.45) is 6.27. The molecule has 0 amide bonds. The number of hydrazine groups is 1. The van der Waals surface area contributed by atoms with Gasteiger partial charge >= 0.3 is 0 Å². The minimum Gasteiger partial charge on any atom is -0.368 e. The van der Waals surface area contributed by atoms with Gasteiger partial charge in [0.15, 0.2) is 17.3 Å². The van der Waals surface area contributed by atoms with Gasteiger partial charge in [-0.3, -0.25) is 9.99 Å². The van der Waals surface area contributed by atoms with Crippen molar-refractivity contribution in [3.63, 3.8) is 0 Å². The van der Waals surface area contributed by atoms with E-state index in [1.54, 1.807) is 55.0 Å². The molecule has 0 spiro atoms. The number of nitrogens with two attached hydrogens (primary N) is 3. The lowest BCUT2D eigenvalue weighted by molar-refractivity contribution is 0.420. The maximum absolute atomic E-state index is 9.38. The maximum atomic E-state index is 9.38. The first-order valence-corrected chi connectivity index (χ1v) is 10.6. The van der Waals surface area contributed by atoms with Crippen LogP contribution < -0.4 is 17.4 Å². The van der Waals surface area contributed by atoms with Crippen LogP contribution in [0.3, 0.4) is 0 Å². The van der Waals surface area contributed by atoms with Crippen molar-refractivity contribution in [1.29, 1.82) is 5.26 Å². The smallest absolute Gasteiger partial charge is 0.223 e. The van der Waals surface area contributed by atoms with E-state index in [0.29, 0.717) is 50.9 Å². The summed E-state index contributed by atoms with van der Waals surface area (Å²) in [5.74, 6) is 12.6. The summed E-state index contributed by atoms with van der Waals surface area (Å²) >= 11 is 0. The number of hydrogen-bond donors (Lipinski definition) is 3. The van der Waals surface area contributed by atoms with Crippen LogP contribution in [-0.2, 0) is 6.54 Å². The minimum absolute atomic E-state index is 0.0640. The molecule has 0 unspecified atom stereocenters. The lowest BCUT2D eigenvalue weighted by Gasteiger charge is -2.18. The van der Waals surface area contributed by atoms with E-state index in [0.717, 1.165) is 0 Å². The van der Waals surface area contributed by atoms with Gasteiger partial charge in [-0.25, -0.2) is 25.8 Å². The molecule has 0 saturated carbocycles. The molecule has 4 aromatic heterocycles. The number of pyridine rings is 1. The van der Waals surface area contributed by atoms with Gasteiger partial charge in [-0.1, -0.05) is 12.1 Å². The zero-order chi connectivity index (χ0) is 25.1. The third-order valence-electron chi connectivity index (χ3n) is 5.28. The lowest BCUT2D eigenvalue weighted by atomic mass is 10.0. The molecule has 4 heterocycles. The highest BCUT2D eigenvalue weighted by Gasteiger charge is 2.22. The standard InChI is InChI=1S/C23H19N13/c24-10-14-3-1-4-15(9-14)20-19(17-6-8-29-13-30-17)22-31-18(34-36(22)23(25)32-20)12-35(27)21(33-26)16-5-2-7-28-11-16/h1-9,11,13H,12,26-27H2,(H2,25,32)/b33-21-. The molecule has 13 nitrogen and oxygen atoms in total. The van der Waals surface area contributed by atoms with E-state index < -0.39 is 0 Å². The Morgan fingerprint density at radius 1 is 1.11 bits per heavy atom. The monoisotopic (exact) mass is 477 g/mol. The highest BCUT2D eigenvalue weighted by atomic mass is 15.5. The average Bonchev–Trinajstić information content (AvgIpc) is 3.34. The Bertz CT molecular complexity index is 1600. The summed E-state index contributed by atoms with van der Waals surface area (Å²) in [6.45, 7) is 0.0640. The highest BCUT2D eigenvalue weighted by Crippen LogP contribution is 2.33. The van der Waals surface area contributed by atoms with Crippen LogP contribution in [0, 0.1) is 11.3 Å². The number of aromatic nitrogens is 7. The molecule has 5 rings (SSSR count). The number of hydrogen-bond acceptors (Lipinski definition) is 11. The molecule has 0 aliphatic rings. The van der Waals surface area contributed by atoms with E-state index in [1.165, 1.54) is 15.9 Å². The van der Waals surface area contributed by atoms with Crippen LogP contribution in [0.15, 0.2) is 72.5 Å². The average molecular weight is 477 g/mol. The van der Waals surface area contributed by atoms with Crippen LogP contribution in [-0.4, -0.2) is 45.4 Å². The molecule has 0 saturated heterocycles. The largest absolute Gasteiger partial charge is 0.368 e. The molecule has 0 fully saturated rings. The van der Waals surface area contributed by atoms with Crippen LogP contribution in [0.5, 0.6) is 0 Å². The number of hydrazone groups is 1. The van der Waals surface area contributed by atoms with Gasteiger partial charge < -0.3 is 11.6 Å². The molecule has 0 aliphatic carbocycles. The number of rotatable bonds is 5. The number of anilines is 1. The minimum atomic E-state index is 0.0640. The molecule has 5 aromatic rings. The first-order chi connectivity index (χ1) is 17.6. The van der Waals surface area contributed by atoms with Gasteiger partial charge in [0, 0.05) is 29.7 Å². The van der Waals surface area contributed by atoms with Crippen LogP contribution in [0.25, 0.3) is 28.2 Å². The van der Waals surface area contributed by atoms with E-state index >= 15 is 0 Å². The molecule has 0 bridgehead atoms. The summed E-state index contributed by atoms with van der Waals surface area (Å²) in [5.41, 5.74) is 10.1. The van der Waals surface area contributed by atoms with E-state index in [9.17, 15) is 5.26 Å². The quantitative estimate of drug-likeness (QED) is 0.142. The predicted octanol–water partition coefficient (Wildman–Crippen LogP) is 1.09. The van der Waals surface area contributed by atoms with Crippen molar-refractivity contribution in [3.05, 3.63) is 84.3 Å². The molecular formula is C23H19N13. The molecule has 0 atom stereocenters.